The van der Waals surface area contributed by atoms with E-state index in [2.05, 4.69) is 0 Å². The average molecular weight is 200 g/mol. The minimum atomic E-state index is -2.11. The summed E-state index contributed by atoms with van der Waals surface area (Å²) < 4.78 is 17.7. The zero-order valence-electron chi connectivity index (χ0n) is 7.40. The third-order valence-corrected chi connectivity index (χ3v) is 1.71. The Morgan fingerprint density at radius 2 is 2.21 bits per heavy atom. The first-order valence-electron chi connectivity index (χ1n) is 3.80. The average Bonchev–Trinajstić information content (AvgIpc) is 2.17. The topological polar surface area (TPSA) is 66.8 Å². The van der Waals surface area contributed by atoms with Crippen molar-refractivity contribution in [1.29, 1.82) is 0 Å². The fourth-order valence-electron chi connectivity index (χ4n) is 0.994. The van der Waals surface area contributed by atoms with Crippen LogP contribution in [0.2, 0.25) is 0 Å². The molecule has 0 fully saturated rings. The summed E-state index contributed by atoms with van der Waals surface area (Å²) in [5.41, 5.74) is -0.0628. The fourth-order valence-corrected chi connectivity index (χ4v) is 0.994. The number of rotatable bonds is 3. The maximum atomic E-state index is 13.0. The number of phenolic OH excluding ortho intramolecular Hbond substituents is 1. The van der Waals surface area contributed by atoms with Gasteiger partial charge in [0.1, 0.15) is 0 Å². The Morgan fingerprint density at radius 1 is 1.57 bits per heavy atom. The first-order chi connectivity index (χ1) is 6.56. The standard InChI is InChI=1S/C9H9FO4/c1-14-7-4-5(2-3-6(7)11)8(10)9(12)13/h2-4,8,11H,1H3,(H,12,13). The molecule has 0 radical (unpaired) electrons. The van der Waals surface area contributed by atoms with Gasteiger partial charge in [-0.2, -0.15) is 0 Å². The number of ether oxygens (including phenoxy) is 1. The zero-order chi connectivity index (χ0) is 10.7. The highest BCUT2D eigenvalue weighted by atomic mass is 19.1. The van der Waals surface area contributed by atoms with Crippen LogP contribution < -0.4 is 4.74 Å². The van der Waals surface area contributed by atoms with Crippen LogP contribution in [0.15, 0.2) is 18.2 Å². The second kappa shape index (κ2) is 3.95. The van der Waals surface area contributed by atoms with Crippen LogP contribution in [-0.2, 0) is 4.79 Å². The van der Waals surface area contributed by atoms with Crippen LogP contribution in [0.5, 0.6) is 11.5 Å². The van der Waals surface area contributed by atoms with Crippen molar-refractivity contribution >= 4 is 5.97 Å². The molecule has 0 saturated heterocycles. The Kier molecular flexibility index (Phi) is 2.91. The molecule has 5 heteroatoms. The molecule has 1 unspecified atom stereocenters. The van der Waals surface area contributed by atoms with Crippen LogP contribution in [0.25, 0.3) is 0 Å². The van der Waals surface area contributed by atoms with Gasteiger partial charge in [0.2, 0.25) is 6.17 Å². The first-order valence-corrected chi connectivity index (χ1v) is 3.80. The molecule has 0 amide bonds. The van der Waals surface area contributed by atoms with Gasteiger partial charge in [-0.3, -0.25) is 0 Å². The number of halogens is 1. The lowest BCUT2D eigenvalue weighted by Gasteiger charge is -2.07. The number of aromatic hydroxyl groups is 1. The number of alkyl halides is 1. The van der Waals surface area contributed by atoms with Crippen LogP contribution in [-0.4, -0.2) is 23.3 Å². The van der Waals surface area contributed by atoms with E-state index in [-0.39, 0.29) is 17.1 Å². The summed E-state index contributed by atoms with van der Waals surface area (Å²) in [4.78, 5) is 10.3. The molecule has 1 atom stereocenters. The molecule has 0 aromatic heterocycles. The number of hydrogen-bond donors (Lipinski definition) is 2. The Labute approximate surface area is 79.6 Å². The summed E-state index contributed by atoms with van der Waals surface area (Å²) in [5.74, 6) is -1.68. The van der Waals surface area contributed by atoms with Crippen molar-refractivity contribution in [3.8, 4) is 11.5 Å². The van der Waals surface area contributed by atoms with E-state index in [1.54, 1.807) is 0 Å². The van der Waals surface area contributed by atoms with E-state index in [1.807, 2.05) is 0 Å². The quantitative estimate of drug-likeness (QED) is 0.775. The van der Waals surface area contributed by atoms with Gasteiger partial charge >= 0.3 is 5.97 Å². The molecule has 0 aliphatic carbocycles. The zero-order valence-corrected chi connectivity index (χ0v) is 7.40. The summed E-state index contributed by atoms with van der Waals surface area (Å²) in [6.45, 7) is 0. The van der Waals surface area contributed by atoms with Crippen LogP contribution >= 0.6 is 0 Å². The molecular weight excluding hydrogens is 191 g/mol. The molecule has 0 bridgehead atoms. The van der Waals surface area contributed by atoms with Crippen LogP contribution in [0.4, 0.5) is 4.39 Å². The van der Waals surface area contributed by atoms with Crippen molar-refractivity contribution in [2.45, 2.75) is 6.17 Å². The fraction of sp³-hybridized carbons (Fsp3) is 0.222. The maximum Gasteiger partial charge on any atom is 0.343 e. The molecule has 0 aliphatic rings. The lowest BCUT2D eigenvalue weighted by atomic mass is 10.1. The molecule has 0 saturated carbocycles. The molecule has 1 aromatic carbocycles. The van der Waals surface area contributed by atoms with E-state index in [0.29, 0.717) is 0 Å². The van der Waals surface area contributed by atoms with Gasteiger partial charge in [0.25, 0.3) is 0 Å². The Balaban J connectivity index is 3.06. The third kappa shape index (κ3) is 1.93. The number of benzene rings is 1. The van der Waals surface area contributed by atoms with Crippen molar-refractivity contribution in [1.82, 2.24) is 0 Å². The highest BCUT2D eigenvalue weighted by Gasteiger charge is 2.19. The van der Waals surface area contributed by atoms with Gasteiger partial charge in [-0.1, -0.05) is 6.07 Å². The summed E-state index contributed by atoms with van der Waals surface area (Å²) in [7, 11) is 1.30. The molecule has 1 aromatic rings. The number of phenols is 1. The Hall–Kier alpha value is -1.78. The van der Waals surface area contributed by atoms with Crippen LogP contribution in [0.3, 0.4) is 0 Å². The number of carbonyl (C=O) groups is 1. The number of hydrogen-bond acceptors (Lipinski definition) is 3. The van der Waals surface area contributed by atoms with Gasteiger partial charge in [-0.25, -0.2) is 9.18 Å². The van der Waals surface area contributed by atoms with Crippen molar-refractivity contribution < 1.29 is 24.1 Å². The Bertz CT molecular complexity index is 351. The molecule has 2 N–H and O–H groups in total. The highest BCUT2D eigenvalue weighted by Crippen LogP contribution is 2.30. The van der Waals surface area contributed by atoms with Crippen molar-refractivity contribution in [2.75, 3.05) is 7.11 Å². The largest absolute Gasteiger partial charge is 0.504 e. The molecule has 1 rings (SSSR count). The normalized spacial score (nSPS) is 12.1. The highest BCUT2D eigenvalue weighted by molar-refractivity contribution is 5.74. The minimum absolute atomic E-state index is 0.0476. The van der Waals surface area contributed by atoms with E-state index < -0.39 is 12.1 Å². The van der Waals surface area contributed by atoms with E-state index in [0.717, 1.165) is 6.07 Å². The molecule has 4 nitrogen and oxygen atoms in total. The molecule has 0 aliphatic heterocycles. The van der Waals surface area contributed by atoms with Gasteiger partial charge in [-0.15, -0.1) is 0 Å². The van der Waals surface area contributed by atoms with E-state index in [4.69, 9.17) is 14.9 Å². The molecule has 14 heavy (non-hydrogen) atoms. The minimum Gasteiger partial charge on any atom is -0.504 e. The molecule has 0 spiro atoms. The van der Waals surface area contributed by atoms with Gasteiger partial charge in [-0.05, 0) is 12.1 Å². The number of carboxylic acids is 1. The van der Waals surface area contributed by atoms with Gasteiger partial charge in [0, 0.05) is 5.56 Å². The number of aliphatic carboxylic acids is 1. The summed E-state index contributed by atoms with van der Waals surface area (Å²) in [6, 6.07) is 3.52. The molecule has 76 valence electrons. The van der Waals surface area contributed by atoms with Crippen LogP contribution in [0, 0.1) is 0 Å². The monoisotopic (exact) mass is 200 g/mol. The number of carboxylic acid groups (broad SMARTS) is 1. The lowest BCUT2D eigenvalue weighted by molar-refractivity contribution is -0.143. The van der Waals surface area contributed by atoms with E-state index in [9.17, 15) is 9.18 Å². The van der Waals surface area contributed by atoms with Crippen molar-refractivity contribution in [3.05, 3.63) is 23.8 Å². The van der Waals surface area contributed by atoms with Crippen molar-refractivity contribution in [3.63, 3.8) is 0 Å². The van der Waals surface area contributed by atoms with E-state index in [1.165, 1.54) is 19.2 Å². The lowest BCUT2D eigenvalue weighted by Crippen LogP contribution is -2.05. The van der Waals surface area contributed by atoms with Gasteiger partial charge < -0.3 is 14.9 Å². The maximum absolute atomic E-state index is 13.0. The molecular formula is C9H9FO4. The third-order valence-electron chi connectivity index (χ3n) is 1.71. The summed E-state index contributed by atoms with van der Waals surface area (Å²) in [5, 5.41) is 17.6. The van der Waals surface area contributed by atoms with E-state index >= 15 is 0 Å². The predicted octanol–water partition coefficient (Wildman–Crippen LogP) is 1.50. The second-order valence-corrected chi connectivity index (χ2v) is 2.63. The van der Waals surface area contributed by atoms with Gasteiger partial charge in [0.05, 0.1) is 7.11 Å². The van der Waals surface area contributed by atoms with Crippen molar-refractivity contribution in [2.24, 2.45) is 0 Å². The molecule has 0 heterocycles. The van der Waals surface area contributed by atoms with Gasteiger partial charge in [0.15, 0.2) is 11.5 Å². The smallest absolute Gasteiger partial charge is 0.343 e. The summed E-state index contributed by atoms with van der Waals surface area (Å²) >= 11 is 0. The summed E-state index contributed by atoms with van der Waals surface area (Å²) in [6.07, 6.45) is -2.11. The first kappa shape index (κ1) is 10.3. The predicted molar refractivity (Wildman–Crippen MR) is 46.1 cm³/mol. The SMILES string of the molecule is COc1cc(C(F)C(=O)O)ccc1O. The van der Waals surface area contributed by atoms with Crippen LogP contribution in [0.1, 0.15) is 11.7 Å². The Morgan fingerprint density at radius 3 is 2.71 bits per heavy atom. The number of methoxy groups -OCH3 is 1. The second-order valence-electron chi connectivity index (χ2n) is 2.63.